The quantitative estimate of drug-likeness (QED) is 0.124. The number of hydrogen-bond donors (Lipinski definition) is 8. The minimum Gasteiger partial charge on any atom is -0.507 e. The summed E-state index contributed by atoms with van der Waals surface area (Å²) in [7, 11) is 1.17. The molecule has 0 spiro atoms. The van der Waals surface area contributed by atoms with Gasteiger partial charge in [-0.2, -0.15) is 0 Å². The average molecular weight is 783 g/mol. The van der Waals surface area contributed by atoms with E-state index in [1.54, 1.807) is 20.8 Å². The minimum absolute atomic E-state index is 0.0198. The molecule has 1 aliphatic carbocycles. The Kier molecular flexibility index (Phi) is 12.0. The van der Waals surface area contributed by atoms with Gasteiger partial charge in [-0.3, -0.25) is 4.79 Å². The average Bonchev–Trinajstić information content (AvgIpc) is 3.10. The number of aliphatic hydroxyl groups excluding tert-OH is 3. The predicted molar refractivity (Wildman–Crippen MR) is 185 cm³/mol. The predicted octanol–water partition coefficient (Wildman–Crippen LogP) is 1.26. The molecule has 3 saturated heterocycles. The number of rotatable bonds is 10. The molecular weight excluding hydrogens is 732 g/mol. The molecule has 0 saturated carbocycles. The van der Waals surface area contributed by atoms with Crippen LogP contribution in [0.4, 0.5) is 0 Å². The van der Waals surface area contributed by atoms with Crippen LogP contribution < -0.4 is 4.89 Å². The molecule has 18 nitrogen and oxygen atoms in total. The number of ketones is 1. The van der Waals surface area contributed by atoms with Crippen LogP contribution in [0.25, 0.3) is 10.8 Å². The lowest BCUT2D eigenvalue weighted by molar-refractivity contribution is -0.334. The fourth-order valence-electron chi connectivity index (χ4n) is 8.20. The van der Waals surface area contributed by atoms with Crippen LogP contribution in [0, 0.1) is 12.8 Å². The third kappa shape index (κ3) is 7.88. The standard InChI is InChI=1S/C37H50O18/c1-13-20(55-47)9-18-7-17-8-19(34(48-6)36(44)45)33(32(42)27(17)31(41)26(18)28(13)38)54-24-11-21(29(39)15(3)50-24)52-23-10-22(30(40)14(2)49-23)53-25-12-37(5,46)35(43)16(4)51-25/h7,9,14-16,19,21-25,29-30,33-35,38-41,43,46-47H,8,10-12H2,1-6H3,(H,44,45)/t14?,15?,16?,19-,21?,22-,23+,24+,25+,29-,30?,33+,34+,35?,37?/m1/s1. The molecule has 6 rings (SSSR count). The summed E-state index contributed by atoms with van der Waals surface area (Å²) in [4.78, 5) is 31.1. The first-order chi connectivity index (χ1) is 25.9. The van der Waals surface area contributed by atoms with Gasteiger partial charge in [0, 0.05) is 37.9 Å². The van der Waals surface area contributed by atoms with Gasteiger partial charge in [-0.25, -0.2) is 10.1 Å². The largest absolute Gasteiger partial charge is 0.507 e. The van der Waals surface area contributed by atoms with Crippen molar-refractivity contribution in [1.29, 1.82) is 0 Å². The summed E-state index contributed by atoms with van der Waals surface area (Å²) in [6, 6.07) is 2.83. The number of carboxylic acid groups (broad SMARTS) is 1. The molecule has 2 aromatic rings. The normalized spacial score (nSPS) is 38.7. The highest BCUT2D eigenvalue weighted by Crippen LogP contribution is 2.46. The van der Waals surface area contributed by atoms with E-state index in [1.165, 1.54) is 33.1 Å². The summed E-state index contributed by atoms with van der Waals surface area (Å²) in [6.45, 7) is 7.65. The van der Waals surface area contributed by atoms with Crippen LogP contribution in [0.3, 0.4) is 0 Å². The van der Waals surface area contributed by atoms with Crippen LogP contribution in [0.2, 0.25) is 0 Å². The van der Waals surface area contributed by atoms with Crippen LogP contribution in [-0.4, -0.2) is 145 Å². The molecule has 0 bridgehead atoms. The molecule has 8 N–H and O–H groups in total. The summed E-state index contributed by atoms with van der Waals surface area (Å²) in [5, 5.41) is 84.9. The van der Waals surface area contributed by atoms with Crippen molar-refractivity contribution in [3.8, 4) is 17.2 Å². The van der Waals surface area contributed by atoms with Gasteiger partial charge in [0.1, 0.15) is 35.9 Å². The third-order valence-electron chi connectivity index (χ3n) is 11.3. The molecule has 18 heteroatoms. The van der Waals surface area contributed by atoms with Crippen molar-refractivity contribution in [2.45, 2.75) is 146 Å². The lowest BCUT2D eigenvalue weighted by Gasteiger charge is -2.46. The van der Waals surface area contributed by atoms with Crippen molar-refractivity contribution < 1.29 is 88.6 Å². The van der Waals surface area contributed by atoms with E-state index in [0.717, 1.165) is 0 Å². The van der Waals surface area contributed by atoms with Crippen molar-refractivity contribution in [2.75, 3.05) is 7.11 Å². The number of ether oxygens (including phenoxy) is 7. The monoisotopic (exact) mass is 782 g/mol. The molecule has 3 fully saturated rings. The number of aliphatic carboxylic acids is 1. The maximum atomic E-state index is 14.3. The number of hydrogen-bond acceptors (Lipinski definition) is 17. The van der Waals surface area contributed by atoms with Crippen molar-refractivity contribution in [3.63, 3.8) is 0 Å². The van der Waals surface area contributed by atoms with Crippen molar-refractivity contribution in [3.05, 3.63) is 28.8 Å². The number of phenolic OH excluding ortho intramolecular Hbond substituents is 2. The molecule has 4 aliphatic rings. The number of aliphatic hydroxyl groups is 4. The van der Waals surface area contributed by atoms with E-state index in [0.29, 0.717) is 0 Å². The topological polar surface area (TPSA) is 270 Å². The van der Waals surface area contributed by atoms with Gasteiger partial charge in [-0.1, -0.05) is 0 Å². The number of aromatic hydroxyl groups is 2. The first-order valence-corrected chi connectivity index (χ1v) is 18.2. The lowest BCUT2D eigenvalue weighted by atomic mass is 9.76. The Morgan fingerprint density at radius 1 is 0.891 bits per heavy atom. The van der Waals surface area contributed by atoms with Gasteiger partial charge in [-0.05, 0) is 64.1 Å². The molecule has 0 amide bonds. The summed E-state index contributed by atoms with van der Waals surface area (Å²) in [5.74, 6) is -4.45. The second-order valence-corrected chi connectivity index (χ2v) is 15.2. The molecule has 2 aromatic carbocycles. The highest BCUT2D eigenvalue weighted by molar-refractivity contribution is 6.11. The molecule has 0 radical (unpaired) electrons. The lowest BCUT2D eigenvalue weighted by Crippen LogP contribution is -2.58. The van der Waals surface area contributed by atoms with Crippen LogP contribution in [-0.2, 0) is 44.4 Å². The number of fused-ring (bicyclic) bond motifs is 2. The van der Waals surface area contributed by atoms with Gasteiger partial charge in [-0.15, -0.1) is 0 Å². The number of carbonyl (C=O) groups excluding carboxylic acids is 1. The smallest absolute Gasteiger partial charge is 0.333 e. The summed E-state index contributed by atoms with van der Waals surface area (Å²) >= 11 is 0. The molecule has 0 aromatic heterocycles. The van der Waals surface area contributed by atoms with Gasteiger partial charge in [0.2, 0.25) is 0 Å². The van der Waals surface area contributed by atoms with Gasteiger partial charge in [0.05, 0.1) is 47.1 Å². The molecule has 7 unspecified atom stereocenters. The highest BCUT2D eigenvalue weighted by atomic mass is 17.1. The zero-order valence-electron chi connectivity index (χ0n) is 31.2. The number of methoxy groups -OCH3 is 1. The maximum Gasteiger partial charge on any atom is 0.333 e. The maximum absolute atomic E-state index is 14.3. The molecular formula is C37H50O18. The first-order valence-electron chi connectivity index (χ1n) is 18.2. The Morgan fingerprint density at radius 2 is 1.45 bits per heavy atom. The SMILES string of the molecule is CO[C@H](C(=O)O)[C@@H]1Cc2cc3cc(OO)c(C)c(O)c3c(O)c2C(=O)[C@H]1O[C@H]1CC(O[C@H]2C[C@@H](O[C@H]3CC(C)(O)C(O)C(C)O3)C(O)C(C)O2)[C@H](O)C(C)O1. The zero-order valence-corrected chi connectivity index (χ0v) is 31.2. The van der Waals surface area contributed by atoms with Crippen molar-refractivity contribution >= 4 is 22.5 Å². The number of carbonyl (C=O) groups is 2. The van der Waals surface area contributed by atoms with Crippen molar-refractivity contribution in [2.24, 2.45) is 5.92 Å². The van der Waals surface area contributed by atoms with Gasteiger partial charge in [0.25, 0.3) is 0 Å². The van der Waals surface area contributed by atoms with Crippen LogP contribution >= 0.6 is 0 Å². The Balaban J connectivity index is 1.23. The van der Waals surface area contributed by atoms with E-state index in [4.69, 9.17) is 33.2 Å². The Hall–Kier alpha value is -3.24. The zero-order chi connectivity index (χ0) is 40.3. The van der Waals surface area contributed by atoms with Crippen LogP contribution in [0.1, 0.15) is 68.4 Å². The summed E-state index contributed by atoms with van der Waals surface area (Å²) < 4.78 is 41.4. The van der Waals surface area contributed by atoms with E-state index in [-0.39, 0.29) is 58.9 Å². The van der Waals surface area contributed by atoms with E-state index in [9.17, 15) is 50.6 Å². The van der Waals surface area contributed by atoms with E-state index < -0.39 is 115 Å². The number of benzene rings is 2. The van der Waals surface area contributed by atoms with E-state index in [2.05, 4.69) is 4.89 Å². The van der Waals surface area contributed by atoms with Gasteiger partial charge >= 0.3 is 5.97 Å². The molecule has 3 heterocycles. The molecule has 55 heavy (non-hydrogen) atoms. The minimum atomic E-state index is -1.55. The van der Waals surface area contributed by atoms with Crippen LogP contribution in [0.15, 0.2) is 12.1 Å². The first kappa shape index (κ1) is 41.4. The molecule has 306 valence electrons. The van der Waals surface area contributed by atoms with Gasteiger partial charge in [0.15, 0.2) is 36.5 Å². The fourth-order valence-corrected chi connectivity index (χ4v) is 8.20. The number of Topliss-reactive ketones (excluding diaryl/α,β-unsaturated/α-hetero) is 1. The third-order valence-corrected chi connectivity index (χ3v) is 11.3. The number of phenols is 2. The molecule has 15 atom stereocenters. The highest BCUT2D eigenvalue weighted by Gasteiger charge is 2.50. The second-order valence-electron chi connectivity index (χ2n) is 15.2. The Labute approximate surface area is 315 Å². The fraction of sp³-hybridized carbons (Fsp3) is 0.676. The van der Waals surface area contributed by atoms with E-state index in [1.807, 2.05) is 0 Å². The second kappa shape index (κ2) is 16.0. The molecule has 3 aliphatic heterocycles. The van der Waals surface area contributed by atoms with E-state index >= 15 is 0 Å². The number of carboxylic acids is 1. The van der Waals surface area contributed by atoms with Crippen molar-refractivity contribution in [1.82, 2.24) is 0 Å². The Morgan fingerprint density at radius 3 is 2.00 bits per heavy atom. The Bertz CT molecular complexity index is 1750. The summed E-state index contributed by atoms with van der Waals surface area (Å²) in [5.41, 5.74) is -1.38. The summed E-state index contributed by atoms with van der Waals surface area (Å²) in [6.07, 6.45) is -14.6. The van der Waals surface area contributed by atoms with Crippen LogP contribution in [0.5, 0.6) is 17.2 Å². The van der Waals surface area contributed by atoms with Gasteiger partial charge < -0.3 is 73.8 Å².